The maximum Gasteiger partial charge on any atom is 0.0991 e. The molecule has 310 valence electrons. The molecule has 1 atom stereocenters. The van der Waals surface area contributed by atoms with Gasteiger partial charge in [0.15, 0.2) is 0 Å². The summed E-state index contributed by atoms with van der Waals surface area (Å²) in [6.45, 7) is 0. The van der Waals surface area contributed by atoms with Crippen molar-refractivity contribution in [3.05, 3.63) is 265 Å². The van der Waals surface area contributed by atoms with E-state index in [1.807, 2.05) is 6.07 Å². The van der Waals surface area contributed by atoms with Crippen molar-refractivity contribution in [2.24, 2.45) is 0 Å². The van der Waals surface area contributed by atoms with Crippen molar-refractivity contribution in [2.45, 2.75) is 5.92 Å². The maximum absolute atomic E-state index is 9.82. The molecule has 0 fully saturated rings. The Morgan fingerprint density at radius 3 is 1.25 bits per heavy atom. The zero-order valence-corrected chi connectivity index (χ0v) is 36.6. The van der Waals surface area contributed by atoms with Gasteiger partial charge in [0.25, 0.3) is 0 Å². The van der Waals surface area contributed by atoms with Crippen LogP contribution in [0.3, 0.4) is 0 Å². The molecule has 0 saturated heterocycles. The molecule has 0 spiro atoms. The van der Waals surface area contributed by atoms with Crippen LogP contribution in [0.4, 0.5) is 0 Å². The zero-order chi connectivity index (χ0) is 44.4. The molecule has 0 amide bonds. The van der Waals surface area contributed by atoms with E-state index in [2.05, 4.69) is 243 Å². The summed E-state index contributed by atoms with van der Waals surface area (Å²) in [5.41, 5.74) is 18.8. The standard InChI is InChI=1S/C66H41N/c67-41-42-19-31-56-57-32-28-52(38-61(57)64(60(56)35-42)48-15-5-2-6-16-48)46-20-22-47(23-21-46)53-30-34-59-63(40-53)66(55-27-25-45-14-8-10-18-50(45)37-55)58-33-29-51(43-11-3-1-4-12-43)39-62(58)65(59)54-26-24-44-13-7-9-17-49(44)36-54/h1-40,64H. The van der Waals surface area contributed by atoms with Crippen molar-refractivity contribution < 1.29 is 0 Å². The van der Waals surface area contributed by atoms with Crippen LogP contribution in [0.1, 0.15) is 28.2 Å². The fourth-order valence-corrected chi connectivity index (χ4v) is 10.9. The second-order valence-corrected chi connectivity index (χ2v) is 17.9. The molecule has 1 heteroatoms. The summed E-state index contributed by atoms with van der Waals surface area (Å²) < 4.78 is 0. The lowest BCUT2D eigenvalue weighted by Crippen LogP contribution is -1.99. The zero-order valence-electron chi connectivity index (χ0n) is 36.6. The molecule has 0 N–H and O–H groups in total. The molecule has 67 heavy (non-hydrogen) atoms. The summed E-state index contributed by atoms with van der Waals surface area (Å²) >= 11 is 0. The summed E-state index contributed by atoms with van der Waals surface area (Å²) in [5.74, 6) is 0.0635. The fraction of sp³-hybridized carbons (Fsp3) is 0.0152. The summed E-state index contributed by atoms with van der Waals surface area (Å²) in [5, 5.41) is 19.7. The Kier molecular flexibility index (Phi) is 9.05. The molecule has 1 aliphatic rings. The lowest BCUT2D eigenvalue weighted by molar-refractivity contribution is 1.01. The van der Waals surface area contributed by atoms with Crippen LogP contribution in [0.5, 0.6) is 0 Å². The van der Waals surface area contributed by atoms with E-state index in [0.29, 0.717) is 5.56 Å². The minimum atomic E-state index is 0.0635. The van der Waals surface area contributed by atoms with Gasteiger partial charge in [-0.25, -0.2) is 0 Å². The molecule has 12 aromatic carbocycles. The van der Waals surface area contributed by atoms with Crippen molar-refractivity contribution in [1.29, 1.82) is 5.26 Å². The highest BCUT2D eigenvalue weighted by atomic mass is 14.3. The minimum Gasteiger partial charge on any atom is -0.192 e. The van der Waals surface area contributed by atoms with E-state index in [1.54, 1.807) is 0 Å². The van der Waals surface area contributed by atoms with Gasteiger partial charge in [-0.3, -0.25) is 0 Å². The highest BCUT2D eigenvalue weighted by Gasteiger charge is 2.30. The average Bonchev–Trinajstić information content (AvgIpc) is 3.73. The molecule has 1 unspecified atom stereocenters. The van der Waals surface area contributed by atoms with Gasteiger partial charge in [-0.05, 0) is 169 Å². The van der Waals surface area contributed by atoms with Crippen LogP contribution >= 0.6 is 0 Å². The predicted octanol–water partition coefficient (Wildman–Crippen LogP) is 17.7. The molecule has 1 nitrogen and oxygen atoms in total. The molecular weight excluding hydrogens is 807 g/mol. The van der Waals surface area contributed by atoms with Crippen molar-refractivity contribution in [3.63, 3.8) is 0 Å². The second-order valence-electron chi connectivity index (χ2n) is 17.9. The van der Waals surface area contributed by atoms with Crippen LogP contribution < -0.4 is 0 Å². The Bertz CT molecular complexity index is 3970. The number of nitrogens with zero attached hydrogens (tertiary/aromatic N) is 1. The number of hydrogen-bond acceptors (Lipinski definition) is 1. The van der Waals surface area contributed by atoms with E-state index >= 15 is 0 Å². The van der Waals surface area contributed by atoms with Crippen LogP contribution in [0.2, 0.25) is 0 Å². The Labute approximate surface area is 390 Å². The minimum absolute atomic E-state index is 0.0635. The molecule has 12 aromatic rings. The van der Waals surface area contributed by atoms with Gasteiger partial charge in [-0.1, -0.05) is 200 Å². The number of nitriles is 1. The second kappa shape index (κ2) is 15.7. The SMILES string of the molecule is N#Cc1ccc2c(c1)C(c1ccccc1)c1cc(-c3ccc(-c4ccc5c(-c6ccc7ccccc7c6)c6cc(-c7ccccc7)ccc6c(-c6ccc7ccccc7c6)c5c4)cc3)ccc1-2. The molecule has 1 aliphatic carbocycles. The third-order valence-corrected chi connectivity index (χ3v) is 14.1. The number of fused-ring (bicyclic) bond motifs is 7. The molecule has 0 heterocycles. The van der Waals surface area contributed by atoms with Crippen molar-refractivity contribution >= 4 is 43.1 Å². The Morgan fingerprint density at radius 2 is 0.701 bits per heavy atom. The van der Waals surface area contributed by atoms with E-state index in [1.165, 1.54) is 127 Å². The van der Waals surface area contributed by atoms with E-state index < -0.39 is 0 Å². The van der Waals surface area contributed by atoms with Crippen molar-refractivity contribution in [3.8, 4) is 72.8 Å². The van der Waals surface area contributed by atoms with Gasteiger partial charge in [0, 0.05) is 5.92 Å². The number of hydrogen-bond donors (Lipinski definition) is 0. The lowest BCUT2D eigenvalue weighted by atomic mass is 9.83. The number of rotatable bonds is 6. The normalized spacial score (nSPS) is 12.9. The van der Waals surface area contributed by atoms with Gasteiger partial charge in [-0.2, -0.15) is 5.26 Å². The van der Waals surface area contributed by atoms with Crippen molar-refractivity contribution in [2.75, 3.05) is 0 Å². The topological polar surface area (TPSA) is 23.8 Å². The average molecular weight is 848 g/mol. The summed E-state index contributed by atoms with van der Waals surface area (Å²) in [4.78, 5) is 0. The lowest BCUT2D eigenvalue weighted by Gasteiger charge is -2.20. The molecule has 0 radical (unpaired) electrons. The first kappa shape index (κ1) is 38.6. The first-order valence-electron chi connectivity index (χ1n) is 23.1. The first-order valence-corrected chi connectivity index (χ1v) is 23.1. The van der Waals surface area contributed by atoms with Crippen LogP contribution in [-0.4, -0.2) is 0 Å². The van der Waals surface area contributed by atoms with E-state index in [4.69, 9.17) is 0 Å². The molecule has 0 aromatic heterocycles. The van der Waals surface area contributed by atoms with Crippen LogP contribution in [0, 0.1) is 11.3 Å². The Hall–Kier alpha value is -8.83. The molecule has 0 aliphatic heterocycles. The van der Waals surface area contributed by atoms with Crippen molar-refractivity contribution in [1.82, 2.24) is 0 Å². The Balaban J connectivity index is 0.985. The van der Waals surface area contributed by atoms with E-state index in [0.717, 1.165) is 0 Å². The monoisotopic (exact) mass is 847 g/mol. The third kappa shape index (κ3) is 6.54. The van der Waals surface area contributed by atoms with Gasteiger partial charge in [0.1, 0.15) is 0 Å². The maximum atomic E-state index is 9.82. The van der Waals surface area contributed by atoms with Crippen LogP contribution in [0.15, 0.2) is 243 Å². The van der Waals surface area contributed by atoms with Gasteiger partial charge >= 0.3 is 0 Å². The summed E-state index contributed by atoms with van der Waals surface area (Å²) in [7, 11) is 0. The third-order valence-electron chi connectivity index (χ3n) is 14.1. The van der Waals surface area contributed by atoms with E-state index in [9.17, 15) is 5.26 Å². The summed E-state index contributed by atoms with van der Waals surface area (Å²) in [6.07, 6.45) is 0. The van der Waals surface area contributed by atoms with Gasteiger partial charge in [0.05, 0.1) is 11.6 Å². The molecular formula is C66H41N. The number of benzene rings is 12. The molecule has 0 bridgehead atoms. The highest BCUT2D eigenvalue weighted by Crippen LogP contribution is 2.50. The van der Waals surface area contributed by atoms with Crippen LogP contribution in [-0.2, 0) is 0 Å². The largest absolute Gasteiger partial charge is 0.192 e. The molecule has 13 rings (SSSR count). The van der Waals surface area contributed by atoms with Gasteiger partial charge in [0.2, 0.25) is 0 Å². The highest BCUT2D eigenvalue weighted by molar-refractivity contribution is 6.23. The quantitative estimate of drug-likeness (QED) is 0.153. The summed E-state index contributed by atoms with van der Waals surface area (Å²) in [6, 6.07) is 91.3. The Morgan fingerprint density at radius 1 is 0.284 bits per heavy atom. The predicted molar refractivity (Wildman–Crippen MR) is 281 cm³/mol. The fourth-order valence-electron chi connectivity index (χ4n) is 10.9. The van der Waals surface area contributed by atoms with Gasteiger partial charge in [-0.15, -0.1) is 0 Å². The smallest absolute Gasteiger partial charge is 0.0991 e. The molecule has 0 saturated carbocycles. The first-order chi connectivity index (χ1) is 33.1. The van der Waals surface area contributed by atoms with Crippen LogP contribution in [0.25, 0.3) is 110 Å². The van der Waals surface area contributed by atoms with E-state index in [-0.39, 0.29) is 5.92 Å². The van der Waals surface area contributed by atoms with Gasteiger partial charge < -0.3 is 0 Å².